The zero-order chi connectivity index (χ0) is 22.5. The summed E-state index contributed by atoms with van der Waals surface area (Å²) in [7, 11) is 3.20. The third-order valence-electron chi connectivity index (χ3n) is 5.39. The van der Waals surface area contributed by atoms with Crippen LogP contribution in [-0.4, -0.2) is 54.2 Å². The topological polar surface area (TPSA) is 93.7 Å². The molecule has 0 bridgehead atoms. The lowest BCUT2D eigenvalue weighted by Crippen LogP contribution is -2.41. The summed E-state index contributed by atoms with van der Waals surface area (Å²) in [5.41, 5.74) is 1.01. The Bertz CT molecular complexity index is 1080. The van der Waals surface area contributed by atoms with Crippen molar-refractivity contribution in [2.24, 2.45) is 5.92 Å². The first kappa shape index (κ1) is 22.2. The lowest BCUT2D eigenvalue weighted by molar-refractivity contribution is -0.121. The maximum absolute atomic E-state index is 12.7. The number of likely N-dealkylation sites (tertiary alicyclic amines) is 1. The second-order valence-corrected chi connectivity index (χ2v) is 9.41. The molecule has 0 aliphatic carbocycles. The van der Waals surface area contributed by atoms with Crippen LogP contribution in [0, 0.1) is 5.92 Å². The molecule has 1 saturated heterocycles. The van der Waals surface area contributed by atoms with Crippen molar-refractivity contribution in [3.63, 3.8) is 0 Å². The van der Waals surface area contributed by atoms with Crippen molar-refractivity contribution in [2.75, 3.05) is 32.6 Å². The summed E-state index contributed by atoms with van der Waals surface area (Å²) in [6, 6.07) is 9.42. The molecule has 3 heterocycles. The third kappa shape index (κ3) is 5.08. The highest BCUT2D eigenvalue weighted by Gasteiger charge is 2.28. The average Bonchev–Trinajstić information content (AvgIpc) is 3.51. The van der Waals surface area contributed by atoms with Crippen molar-refractivity contribution < 1.29 is 19.1 Å². The molecule has 0 saturated carbocycles. The molecule has 1 N–H and O–H groups in total. The van der Waals surface area contributed by atoms with Gasteiger partial charge in [-0.25, -0.2) is 0 Å². The maximum atomic E-state index is 12.7. The Balaban J connectivity index is 1.30. The predicted molar refractivity (Wildman–Crippen MR) is 124 cm³/mol. The van der Waals surface area contributed by atoms with E-state index in [2.05, 4.69) is 15.5 Å². The van der Waals surface area contributed by atoms with Crippen LogP contribution in [-0.2, 0) is 11.2 Å². The number of anilines is 1. The first-order chi connectivity index (χ1) is 15.6. The van der Waals surface area contributed by atoms with Crippen molar-refractivity contribution >= 4 is 39.6 Å². The first-order valence-electron chi connectivity index (χ1n) is 10.2. The van der Waals surface area contributed by atoms with Gasteiger partial charge in [0.15, 0.2) is 11.5 Å². The summed E-state index contributed by atoms with van der Waals surface area (Å²) in [4.78, 5) is 27.7. The van der Waals surface area contributed by atoms with Crippen LogP contribution in [0.3, 0.4) is 0 Å². The molecule has 2 aromatic heterocycles. The number of piperidine rings is 1. The Hall–Kier alpha value is -2.98. The highest BCUT2D eigenvalue weighted by molar-refractivity contribution is 7.15. The number of methoxy groups -OCH3 is 2. The van der Waals surface area contributed by atoms with E-state index in [0.717, 1.165) is 15.4 Å². The summed E-state index contributed by atoms with van der Waals surface area (Å²) in [6.07, 6.45) is 1.86. The van der Waals surface area contributed by atoms with Gasteiger partial charge in [0.1, 0.15) is 5.01 Å². The van der Waals surface area contributed by atoms with Crippen molar-refractivity contribution in [3.05, 3.63) is 51.2 Å². The Morgan fingerprint density at radius 2 is 1.91 bits per heavy atom. The van der Waals surface area contributed by atoms with Crippen LogP contribution in [0.2, 0.25) is 0 Å². The molecule has 3 aromatic rings. The maximum Gasteiger partial charge on any atom is 0.263 e. The zero-order valence-electron chi connectivity index (χ0n) is 17.9. The van der Waals surface area contributed by atoms with E-state index in [4.69, 9.17) is 9.47 Å². The fraction of sp³-hybridized carbons (Fsp3) is 0.364. The Morgan fingerprint density at radius 1 is 1.12 bits per heavy atom. The van der Waals surface area contributed by atoms with Crippen LogP contribution >= 0.6 is 22.7 Å². The summed E-state index contributed by atoms with van der Waals surface area (Å²) >= 11 is 2.80. The summed E-state index contributed by atoms with van der Waals surface area (Å²) in [5, 5.41) is 14.4. The van der Waals surface area contributed by atoms with Crippen molar-refractivity contribution in [2.45, 2.75) is 19.3 Å². The van der Waals surface area contributed by atoms with E-state index in [0.29, 0.717) is 49.0 Å². The van der Waals surface area contributed by atoms with Crippen LogP contribution in [0.1, 0.15) is 33.1 Å². The van der Waals surface area contributed by atoms with Crippen LogP contribution < -0.4 is 14.8 Å². The van der Waals surface area contributed by atoms with Gasteiger partial charge in [-0.05, 0) is 42.0 Å². The van der Waals surface area contributed by atoms with Gasteiger partial charge in [-0.15, -0.1) is 21.5 Å². The van der Waals surface area contributed by atoms with Gasteiger partial charge in [-0.2, -0.15) is 0 Å². The number of carbonyl (C=O) groups excluding carboxylic acids is 2. The third-order valence-corrected chi connectivity index (χ3v) is 7.08. The Labute approximate surface area is 194 Å². The molecule has 0 unspecified atom stereocenters. The summed E-state index contributed by atoms with van der Waals surface area (Å²) in [5.74, 6) is 1.17. The van der Waals surface area contributed by atoms with Crippen molar-refractivity contribution in [3.8, 4) is 11.5 Å². The molecule has 8 nitrogen and oxygen atoms in total. The number of hydrogen-bond acceptors (Lipinski definition) is 8. The lowest BCUT2D eigenvalue weighted by Gasteiger charge is -2.30. The van der Waals surface area contributed by atoms with E-state index in [1.807, 2.05) is 40.6 Å². The quantitative estimate of drug-likeness (QED) is 0.564. The number of nitrogens with one attached hydrogen (secondary N) is 1. The minimum Gasteiger partial charge on any atom is -0.493 e. The summed E-state index contributed by atoms with van der Waals surface area (Å²) in [6.45, 7) is 1.16. The molecule has 4 rings (SSSR count). The van der Waals surface area contributed by atoms with Crippen LogP contribution in [0.4, 0.5) is 5.13 Å². The second kappa shape index (κ2) is 10.1. The van der Waals surface area contributed by atoms with Crippen LogP contribution in [0.25, 0.3) is 0 Å². The van der Waals surface area contributed by atoms with Gasteiger partial charge in [0.25, 0.3) is 5.91 Å². The van der Waals surface area contributed by atoms with Gasteiger partial charge < -0.3 is 19.7 Å². The lowest BCUT2D eigenvalue weighted by atomic mass is 9.96. The van der Waals surface area contributed by atoms with E-state index in [-0.39, 0.29) is 17.7 Å². The Morgan fingerprint density at radius 3 is 2.59 bits per heavy atom. The highest BCUT2D eigenvalue weighted by atomic mass is 32.1. The molecule has 10 heteroatoms. The number of aromatic nitrogens is 2. The van der Waals surface area contributed by atoms with Gasteiger partial charge in [-0.3, -0.25) is 9.59 Å². The molecule has 1 aromatic carbocycles. The molecule has 0 radical (unpaired) electrons. The number of nitrogens with zero attached hydrogens (tertiary/aromatic N) is 3. The molecule has 1 fully saturated rings. The highest BCUT2D eigenvalue weighted by Crippen LogP contribution is 2.29. The normalized spacial score (nSPS) is 14.2. The van der Waals surface area contributed by atoms with Crippen LogP contribution in [0.15, 0.2) is 35.7 Å². The standard InChI is InChI=1S/C22H24N4O4S2/c1-29-16-6-5-14(12-17(16)30-2)13-19-24-25-22(32-19)23-20(27)15-7-9-26(10-8-15)21(28)18-4-3-11-31-18/h3-6,11-12,15H,7-10,13H2,1-2H3,(H,23,25,27). The zero-order valence-corrected chi connectivity index (χ0v) is 19.5. The minimum absolute atomic E-state index is 0.0442. The molecule has 0 atom stereocenters. The molecule has 2 amide bonds. The smallest absolute Gasteiger partial charge is 0.263 e. The molecule has 1 aliphatic rings. The number of ether oxygens (including phenoxy) is 2. The molecule has 168 valence electrons. The molecule has 32 heavy (non-hydrogen) atoms. The molecule has 1 aliphatic heterocycles. The molecular formula is C22H24N4O4S2. The number of benzene rings is 1. The Kier molecular flexibility index (Phi) is 7.01. The number of rotatable bonds is 7. The number of thiophene rings is 1. The van der Waals surface area contributed by atoms with Crippen LogP contribution in [0.5, 0.6) is 11.5 Å². The van der Waals surface area contributed by atoms with Gasteiger partial charge in [-0.1, -0.05) is 23.5 Å². The van der Waals surface area contributed by atoms with Gasteiger partial charge in [0.2, 0.25) is 11.0 Å². The monoisotopic (exact) mass is 472 g/mol. The van der Waals surface area contributed by atoms with E-state index in [9.17, 15) is 9.59 Å². The van der Waals surface area contributed by atoms with E-state index < -0.39 is 0 Å². The molecular weight excluding hydrogens is 448 g/mol. The van der Waals surface area contributed by atoms with E-state index in [1.54, 1.807) is 14.2 Å². The fourth-order valence-electron chi connectivity index (χ4n) is 3.65. The SMILES string of the molecule is COc1ccc(Cc2nnc(NC(=O)C3CCN(C(=O)c4cccs4)CC3)s2)cc1OC. The number of amides is 2. The van der Waals surface area contributed by atoms with E-state index in [1.165, 1.54) is 22.7 Å². The van der Waals surface area contributed by atoms with Gasteiger partial charge in [0, 0.05) is 25.4 Å². The molecule has 0 spiro atoms. The first-order valence-corrected chi connectivity index (χ1v) is 11.9. The fourth-order valence-corrected chi connectivity index (χ4v) is 5.12. The minimum atomic E-state index is -0.138. The van der Waals surface area contributed by atoms with Gasteiger partial charge in [0.05, 0.1) is 19.1 Å². The van der Waals surface area contributed by atoms with Crippen molar-refractivity contribution in [1.29, 1.82) is 0 Å². The summed E-state index contributed by atoms with van der Waals surface area (Å²) < 4.78 is 10.6. The predicted octanol–water partition coefficient (Wildman–Crippen LogP) is 3.70. The van der Waals surface area contributed by atoms with Gasteiger partial charge >= 0.3 is 0 Å². The number of carbonyl (C=O) groups is 2. The van der Waals surface area contributed by atoms with Crippen molar-refractivity contribution in [1.82, 2.24) is 15.1 Å². The largest absolute Gasteiger partial charge is 0.493 e. The second-order valence-electron chi connectivity index (χ2n) is 7.40. The number of hydrogen-bond donors (Lipinski definition) is 1. The average molecular weight is 473 g/mol. The van der Waals surface area contributed by atoms with E-state index >= 15 is 0 Å².